The molecule has 2 atom stereocenters. The number of nitrogens with one attached hydrogen (secondary N) is 1. The molecule has 0 aliphatic carbocycles. The van der Waals surface area contributed by atoms with Crippen molar-refractivity contribution < 1.29 is 4.79 Å². The largest absolute Gasteiger partial charge is 0.335 e. The quantitative estimate of drug-likeness (QED) is 0.857. The molecule has 1 aliphatic rings. The monoisotopic (exact) mass is 288 g/mol. The van der Waals surface area contributed by atoms with E-state index in [2.05, 4.69) is 39.1 Å². The Labute approximate surface area is 128 Å². The molecule has 0 saturated heterocycles. The third kappa shape index (κ3) is 3.99. The zero-order chi connectivity index (χ0) is 15.4. The lowest BCUT2D eigenvalue weighted by Crippen LogP contribution is -2.46. The van der Waals surface area contributed by atoms with E-state index in [0.29, 0.717) is 0 Å². The summed E-state index contributed by atoms with van der Waals surface area (Å²) in [5.74, 6) is 0.735. The summed E-state index contributed by atoms with van der Waals surface area (Å²) in [4.78, 5) is 14.5. The highest BCUT2D eigenvalue weighted by atomic mass is 16.2. The molecule has 1 aromatic rings. The molecule has 21 heavy (non-hydrogen) atoms. The smallest absolute Gasteiger partial charge is 0.322 e. The van der Waals surface area contributed by atoms with Crippen LogP contribution in [-0.4, -0.2) is 18.1 Å². The van der Waals surface area contributed by atoms with Gasteiger partial charge in [0.2, 0.25) is 0 Å². The van der Waals surface area contributed by atoms with Crippen LogP contribution < -0.4 is 10.2 Å². The summed E-state index contributed by atoms with van der Waals surface area (Å²) in [6.07, 6.45) is 4.40. The van der Waals surface area contributed by atoms with Crippen LogP contribution in [0.1, 0.15) is 52.5 Å². The molecular weight excluding hydrogens is 260 g/mol. The minimum absolute atomic E-state index is 0.0458. The lowest BCUT2D eigenvalue weighted by Gasteiger charge is -2.25. The first-order chi connectivity index (χ1) is 9.99. The number of nitrogens with zero attached hydrogens (tertiary/aromatic N) is 1. The Balaban J connectivity index is 1.91. The van der Waals surface area contributed by atoms with Gasteiger partial charge >= 0.3 is 6.03 Å². The van der Waals surface area contributed by atoms with E-state index in [9.17, 15) is 4.79 Å². The van der Waals surface area contributed by atoms with Crippen molar-refractivity contribution >= 4 is 11.7 Å². The molecule has 116 valence electrons. The number of fused-ring (bicyclic) bond motifs is 1. The number of hydrogen-bond donors (Lipinski definition) is 1. The Bertz CT molecular complexity index is 484. The van der Waals surface area contributed by atoms with E-state index in [1.165, 1.54) is 18.4 Å². The maximum atomic E-state index is 12.5. The van der Waals surface area contributed by atoms with Crippen LogP contribution in [-0.2, 0) is 6.42 Å². The summed E-state index contributed by atoms with van der Waals surface area (Å²) in [5.41, 5.74) is 2.34. The molecule has 2 rings (SSSR count). The standard InChI is InChI=1S/C18H28N2O/c1-13(2)8-7-9-14(3)19-18(21)20-15(4)12-16-10-5-6-11-17(16)20/h5-6,10-11,13-15H,7-9,12H2,1-4H3,(H,19,21). The Kier molecular flexibility index (Phi) is 5.27. The fourth-order valence-corrected chi connectivity index (χ4v) is 3.06. The Morgan fingerprint density at radius 1 is 1.29 bits per heavy atom. The summed E-state index contributed by atoms with van der Waals surface area (Å²) < 4.78 is 0. The van der Waals surface area contributed by atoms with Gasteiger partial charge < -0.3 is 5.32 Å². The van der Waals surface area contributed by atoms with Crippen molar-refractivity contribution in [2.24, 2.45) is 5.92 Å². The minimum atomic E-state index is 0.0458. The van der Waals surface area contributed by atoms with Crippen LogP contribution in [0, 0.1) is 5.92 Å². The van der Waals surface area contributed by atoms with Crippen molar-refractivity contribution in [1.29, 1.82) is 0 Å². The second kappa shape index (κ2) is 6.97. The molecule has 0 saturated carbocycles. The molecule has 1 aromatic carbocycles. The SMILES string of the molecule is CC(C)CCCC(C)NC(=O)N1c2ccccc2CC1C. The topological polar surface area (TPSA) is 32.3 Å². The summed E-state index contributed by atoms with van der Waals surface area (Å²) in [6.45, 7) is 8.70. The number of anilines is 1. The van der Waals surface area contributed by atoms with E-state index in [4.69, 9.17) is 0 Å². The first-order valence-electron chi connectivity index (χ1n) is 8.16. The van der Waals surface area contributed by atoms with Crippen LogP contribution in [0.5, 0.6) is 0 Å². The highest BCUT2D eigenvalue weighted by Gasteiger charge is 2.30. The van der Waals surface area contributed by atoms with Crippen molar-refractivity contribution in [3.8, 4) is 0 Å². The van der Waals surface area contributed by atoms with Crippen molar-refractivity contribution in [3.05, 3.63) is 29.8 Å². The van der Waals surface area contributed by atoms with E-state index in [-0.39, 0.29) is 18.1 Å². The molecule has 1 heterocycles. The fourth-order valence-electron chi connectivity index (χ4n) is 3.06. The third-order valence-electron chi connectivity index (χ3n) is 4.21. The predicted octanol–water partition coefficient (Wildman–Crippen LogP) is 4.36. The van der Waals surface area contributed by atoms with E-state index >= 15 is 0 Å². The van der Waals surface area contributed by atoms with E-state index < -0.39 is 0 Å². The van der Waals surface area contributed by atoms with Gasteiger partial charge in [0.1, 0.15) is 0 Å². The van der Waals surface area contributed by atoms with Gasteiger partial charge in [-0.15, -0.1) is 0 Å². The molecule has 0 fully saturated rings. The second-order valence-corrected chi connectivity index (χ2v) is 6.73. The van der Waals surface area contributed by atoms with Gasteiger partial charge in [0.25, 0.3) is 0 Å². The maximum Gasteiger partial charge on any atom is 0.322 e. The lowest BCUT2D eigenvalue weighted by molar-refractivity contribution is 0.241. The van der Waals surface area contributed by atoms with Gasteiger partial charge in [-0.2, -0.15) is 0 Å². The highest BCUT2D eigenvalue weighted by Crippen LogP contribution is 2.31. The summed E-state index contributed by atoms with van der Waals surface area (Å²) in [6, 6.07) is 8.73. The molecule has 1 N–H and O–H groups in total. The number of amides is 2. The molecule has 0 bridgehead atoms. The molecule has 2 amide bonds. The van der Waals surface area contributed by atoms with E-state index in [1.807, 2.05) is 23.1 Å². The number of benzene rings is 1. The van der Waals surface area contributed by atoms with Crippen molar-refractivity contribution in [1.82, 2.24) is 5.32 Å². The van der Waals surface area contributed by atoms with Crippen molar-refractivity contribution in [2.75, 3.05) is 4.90 Å². The van der Waals surface area contributed by atoms with Gasteiger partial charge in [-0.05, 0) is 44.2 Å². The molecule has 1 aliphatic heterocycles. The first-order valence-corrected chi connectivity index (χ1v) is 8.16. The summed E-state index contributed by atoms with van der Waals surface area (Å²) in [5, 5.41) is 3.15. The van der Waals surface area contributed by atoms with E-state index in [1.54, 1.807) is 0 Å². The maximum absolute atomic E-state index is 12.5. The van der Waals surface area contributed by atoms with Crippen LogP contribution in [0.3, 0.4) is 0 Å². The third-order valence-corrected chi connectivity index (χ3v) is 4.21. The van der Waals surface area contributed by atoms with Crippen LogP contribution in [0.2, 0.25) is 0 Å². The highest BCUT2D eigenvalue weighted by molar-refractivity contribution is 5.95. The first kappa shape index (κ1) is 15.9. The van der Waals surface area contributed by atoms with Gasteiger partial charge in [0, 0.05) is 17.8 Å². The Hall–Kier alpha value is -1.51. The zero-order valence-electron chi connectivity index (χ0n) is 13.7. The number of hydrogen-bond acceptors (Lipinski definition) is 1. The van der Waals surface area contributed by atoms with Gasteiger partial charge in [0.15, 0.2) is 0 Å². The van der Waals surface area contributed by atoms with E-state index in [0.717, 1.165) is 24.4 Å². The van der Waals surface area contributed by atoms with Crippen LogP contribution in [0.4, 0.5) is 10.5 Å². The zero-order valence-corrected chi connectivity index (χ0v) is 13.7. The Morgan fingerprint density at radius 3 is 2.71 bits per heavy atom. The fraction of sp³-hybridized carbons (Fsp3) is 0.611. The minimum Gasteiger partial charge on any atom is -0.335 e. The number of urea groups is 1. The average molecular weight is 288 g/mol. The molecule has 0 aromatic heterocycles. The number of para-hydroxylation sites is 1. The number of carbonyl (C=O) groups is 1. The molecule has 3 heteroatoms. The average Bonchev–Trinajstić information content (AvgIpc) is 2.73. The number of carbonyl (C=O) groups excluding carboxylic acids is 1. The summed E-state index contributed by atoms with van der Waals surface area (Å²) in [7, 11) is 0. The summed E-state index contributed by atoms with van der Waals surface area (Å²) >= 11 is 0. The van der Waals surface area contributed by atoms with Crippen LogP contribution in [0.15, 0.2) is 24.3 Å². The molecule has 2 unspecified atom stereocenters. The van der Waals surface area contributed by atoms with Gasteiger partial charge in [-0.25, -0.2) is 4.79 Å². The van der Waals surface area contributed by atoms with Crippen LogP contribution >= 0.6 is 0 Å². The molecule has 0 spiro atoms. The Morgan fingerprint density at radius 2 is 2.00 bits per heavy atom. The normalized spacial score (nSPS) is 18.7. The van der Waals surface area contributed by atoms with Gasteiger partial charge in [0.05, 0.1) is 0 Å². The molecular formula is C18H28N2O. The van der Waals surface area contributed by atoms with Crippen molar-refractivity contribution in [3.63, 3.8) is 0 Å². The lowest BCUT2D eigenvalue weighted by atomic mass is 10.0. The molecule has 0 radical (unpaired) electrons. The predicted molar refractivity (Wildman–Crippen MR) is 88.8 cm³/mol. The second-order valence-electron chi connectivity index (χ2n) is 6.73. The number of rotatable bonds is 5. The van der Waals surface area contributed by atoms with Gasteiger partial charge in [-0.1, -0.05) is 44.9 Å². The van der Waals surface area contributed by atoms with Gasteiger partial charge in [-0.3, -0.25) is 4.90 Å². The molecule has 3 nitrogen and oxygen atoms in total. The van der Waals surface area contributed by atoms with Crippen LogP contribution in [0.25, 0.3) is 0 Å². The van der Waals surface area contributed by atoms with Crippen molar-refractivity contribution in [2.45, 2.75) is 65.5 Å².